The SMILES string of the molecule is CCn1cc(C(=O)C(=O)NCC2(O)CCc3ccccc32)cn1. The van der Waals surface area contributed by atoms with Gasteiger partial charge in [-0.25, -0.2) is 0 Å². The minimum absolute atomic E-state index is 0.0243. The van der Waals surface area contributed by atoms with Gasteiger partial charge in [0.05, 0.1) is 18.3 Å². The van der Waals surface area contributed by atoms with E-state index in [1.165, 1.54) is 6.20 Å². The number of aliphatic hydroxyl groups is 1. The summed E-state index contributed by atoms with van der Waals surface area (Å²) in [6, 6.07) is 7.63. The molecular formula is C17H19N3O3. The molecule has 6 nitrogen and oxygen atoms in total. The van der Waals surface area contributed by atoms with Crippen molar-refractivity contribution in [3.63, 3.8) is 0 Å². The molecule has 23 heavy (non-hydrogen) atoms. The molecule has 1 aromatic carbocycles. The summed E-state index contributed by atoms with van der Waals surface area (Å²) in [6.07, 6.45) is 4.22. The normalized spacial score (nSPS) is 19.4. The second kappa shape index (κ2) is 5.96. The summed E-state index contributed by atoms with van der Waals surface area (Å²) in [6.45, 7) is 2.55. The Morgan fingerprint density at radius 3 is 2.91 bits per heavy atom. The van der Waals surface area contributed by atoms with Crippen LogP contribution in [0.15, 0.2) is 36.7 Å². The number of amides is 1. The van der Waals surface area contributed by atoms with E-state index in [4.69, 9.17) is 0 Å². The molecule has 120 valence electrons. The number of hydrogen-bond acceptors (Lipinski definition) is 4. The summed E-state index contributed by atoms with van der Waals surface area (Å²) in [5.41, 5.74) is 1.05. The van der Waals surface area contributed by atoms with Crippen LogP contribution in [0.3, 0.4) is 0 Å². The number of nitrogens with zero attached hydrogens (tertiary/aromatic N) is 2. The third-order valence-corrected chi connectivity index (χ3v) is 4.29. The van der Waals surface area contributed by atoms with Crippen LogP contribution >= 0.6 is 0 Å². The lowest BCUT2D eigenvalue weighted by molar-refractivity contribution is -0.118. The van der Waals surface area contributed by atoms with Gasteiger partial charge in [-0.2, -0.15) is 5.10 Å². The molecule has 1 aromatic heterocycles. The van der Waals surface area contributed by atoms with Crippen molar-refractivity contribution in [2.45, 2.75) is 31.9 Å². The number of carbonyl (C=O) groups excluding carboxylic acids is 2. The summed E-state index contributed by atoms with van der Waals surface area (Å²) >= 11 is 0. The number of ketones is 1. The standard InChI is InChI=1S/C17H19N3O3/c1-2-20-10-13(9-19-20)15(21)16(22)18-11-17(23)8-7-12-5-3-4-6-14(12)17/h3-6,9-10,23H,2,7-8,11H2,1H3,(H,18,22). The van der Waals surface area contributed by atoms with Gasteiger partial charge in [-0.15, -0.1) is 0 Å². The molecular weight excluding hydrogens is 294 g/mol. The van der Waals surface area contributed by atoms with Gasteiger partial charge in [0.15, 0.2) is 0 Å². The van der Waals surface area contributed by atoms with E-state index in [9.17, 15) is 14.7 Å². The molecule has 0 radical (unpaired) electrons. The Labute approximate surface area is 134 Å². The number of carbonyl (C=O) groups is 2. The third-order valence-electron chi connectivity index (χ3n) is 4.29. The molecule has 1 amide bonds. The van der Waals surface area contributed by atoms with E-state index in [1.807, 2.05) is 31.2 Å². The van der Waals surface area contributed by atoms with Gasteiger partial charge in [-0.05, 0) is 30.9 Å². The van der Waals surface area contributed by atoms with E-state index < -0.39 is 17.3 Å². The first-order valence-electron chi connectivity index (χ1n) is 7.69. The lowest BCUT2D eigenvalue weighted by Crippen LogP contribution is -2.42. The van der Waals surface area contributed by atoms with Crippen LogP contribution in [-0.4, -0.2) is 33.1 Å². The molecule has 0 aliphatic heterocycles. The Bertz CT molecular complexity index is 753. The fourth-order valence-corrected chi connectivity index (χ4v) is 2.94. The summed E-state index contributed by atoms with van der Waals surface area (Å²) in [5.74, 6) is -1.36. The molecule has 6 heteroatoms. The Morgan fingerprint density at radius 1 is 1.39 bits per heavy atom. The predicted molar refractivity (Wildman–Crippen MR) is 83.9 cm³/mol. The molecule has 0 saturated carbocycles. The first-order valence-corrected chi connectivity index (χ1v) is 7.69. The van der Waals surface area contributed by atoms with Crippen LogP contribution in [0, 0.1) is 0 Å². The molecule has 0 bridgehead atoms. The summed E-state index contributed by atoms with van der Waals surface area (Å²) < 4.78 is 1.58. The van der Waals surface area contributed by atoms with E-state index in [0.29, 0.717) is 13.0 Å². The molecule has 1 aliphatic rings. The van der Waals surface area contributed by atoms with Crippen molar-refractivity contribution in [1.82, 2.24) is 15.1 Å². The van der Waals surface area contributed by atoms with Crippen LogP contribution in [0.2, 0.25) is 0 Å². The zero-order valence-corrected chi connectivity index (χ0v) is 13.0. The van der Waals surface area contributed by atoms with E-state index in [0.717, 1.165) is 17.5 Å². The van der Waals surface area contributed by atoms with Crippen LogP contribution in [0.25, 0.3) is 0 Å². The lowest BCUT2D eigenvalue weighted by atomic mass is 9.96. The first kappa shape index (κ1) is 15.4. The number of fused-ring (bicyclic) bond motifs is 1. The monoisotopic (exact) mass is 313 g/mol. The third kappa shape index (κ3) is 2.90. The summed E-state index contributed by atoms with van der Waals surface area (Å²) in [5, 5.41) is 17.3. The molecule has 1 aliphatic carbocycles. The zero-order valence-electron chi connectivity index (χ0n) is 13.0. The number of Topliss-reactive ketones (excluding diaryl/α,β-unsaturated/α-hetero) is 1. The zero-order chi connectivity index (χ0) is 16.4. The number of hydrogen-bond donors (Lipinski definition) is 2. The van der Waals surface area contributed by atoms with E-state index in [2.05, 4.69) is 10.4 Å². The molecule has 0 saturated heterocycles. The largest absolute Gasteiger partial charge is 0.383 e. The Hall–Kier alpha value is -2.47. The van der Waals surface area contributed by atoms with Gasteiger partial charge in [0.25, 0.3) is 11.7 Å². The van der Waals surface area contributed by atoms with Gasteiger partial charge in [-0.1, -0.05) is 24.3 Å². The summed E-state index contributed by atoms with van der Waals surface area (Å²) in [4.78, 5) is 24.1. The van der Waals surface area contributed by atoms with Crippen LogP contribution in [0.5, 0.6) is 0 Å². The van der Waals surface area contributed by atoms with Crippen LogP contribution in [-0.2, 0) is 23.4 Å². The molecule has 1 heterocycles. The van der Waals surface area contributed by atoms with Crippen molar-refractivity contribution >= 4 is 11.7 Å². The molecule has 2 aromatic rings. The minimum atomic E-state index is -1.11. The number of benzene rings is 1. The van der Waals surface area contributed by atoms with Crippen LogP contribution in [0.1, 0.15) is 34.8 Å². The van der Waals surface area contributed by atoms with Crippen molar-refractivity contribution in [3.05, 3.63) is 53.3 Å². The Morgan fingerprint density at radius 2 is 2.17 bits per heavy atom. The van der Waals surface area contributed by atoms with E-state index in [-0.39, 0.29) is 12.1 Å². The molecule has 3 rings (SSSR count). The predicted octanol–water partition coefficient (Wildman–Crippen LogP) is 1.04. The maximum atomic E-state index is 12.1. The Balaban J connectivity index is 1.66. The van der Waals surface area contributed by atoms with Crippen molar-refractivity contribution in [2.75, 3.05) is 6.54 Å². The average molecular weight is 313 g/mol. The fraction of sp³-hybridized carbons (Fsp3) is 0.353. The van der Waals surface area contributed by atoms with Gasteiger partial charge in [0, 0.05) is 12.7 Å². The summed E-state index contributed by atoms with van der Waals surface area (Å²) in [7, 11) is 0. The maximum Gasteiger partial charge on any atom is 0.292 e. The average Bonchev–Trinajstić information content (AvgIpc) is 3.18. The van der Waals surface area contributed by atoms with E-state index in [1.54, 1.807) is 10.9 Å². The molecule has 0 fully saturated rings. The maximum absolute atomic E-state index is 12.1. The van der Waals surface area contributed by atoms with E-state index >= 15 is 0 Å². The van der Waals surface area contributed by atoms with Gasteiger partial charge >= 0.3 is 0 Å². The lowest BCUT2D eigenvalue weighted by Gasteiger charge is -2.24. The minimum Gasteiger partial charge on any atom is -0.383 e. The molecule has 0 spiro atoms. The van der Waals surface area contributed by atoms with Gasteiger partial charge < -0.3 is 10.4 Å². The quantitative estimate of drug-likeness (QED) is 0.638. The number of nitrogens with one attached hydrogen (secondary N) is 1. The second-order valence-electron chi connectivity index (χ2n) is 5.79. The second-order valence-corrected chi connectivity index (χ2v) is 5.79. The highest BCUT2D eigenvalue weighted by Gasteiger charge is 2.37. The molecule has 2 N–H and O–H groups in total. The number of aromatic nitrogens is 2. The fourth-order valence-electron chi connectivity index (χ4n) is 2.94. The van der Waals surface area contributed by atoms with Crippen molar-refractivity contribution < 1.29 is 14.7 Å². The smallest absolute Gasteiger partial charge is 0.292 e. The van der Waals surface area contributed by atoms with Crippen molar-refractivity contribution in [3.8, 4) is 0 Å². The van der Waals surface area contributed by atoms with Crippen LogP contribution < -0.4 is 5.32 Å². The topological polar surface area (TPSA) is 84.2 Å². The highest BCUT2D eigenvalue weighted by Crippen LogP contribution is 2.36. The van der Waals surface area contributed by atoms with Gasteiger partial charge in [0.1, 0.15) is 5.60 Å². The van der Waals surface area contributed by atoms with Crippen molar-refractivity contribution in [2.24, 2.45) is 0 Å². The molecule has 1 unspecified atom stereocenters. The number of rotatable bonds is 5. The van der Waals surface area contributed by atoms with Crippen LogP contribution in [0.4, 0.5) is 0 Å². The van der Waals surface area contributed by atoms with Gasteiger partial charge in [0.2, 0.25) is 0 Å². The highest BCUT2D eigenvalue weighted by molar-refractivity contribution is 6.42. The van der Waals surface area contributed by atoms with Gasteiger partial charge in [-0.3, -0.25) is 14.3 Å². The highest BCUT2D eigenvalue weighted by atomic mass is 16.3. The van der Waals surface area contributed by atoms with Crippen molar-refractivity contribution in [1.29, 1.82) is 0 Å². The molecule has 1 atom stereocenters. The Kier molecular flexibility index (Phi) is 4.00. The number of aryl methyl sites for hydroxylation is 2. The first-order chi connectivity index (χ1) is 11.0.